The number of benzene rings is 1. The second-order valence-corrected chi connectivity index (χ2v) is 8.88. The molecule has 164 valence electrons. The lowest BCUT2D eigenvalue weighted by atomic mass is 9.99. The minimum atomic E-state index is -0.287. The number of nitrogens with zero attached hydrogens (tertiary/aromatic N) is 5. The summed E-state index contributed by atoms with van der Waals surface area (Å²) in [6, 6.07) is 13.1. The highest BCUT2D eigenvalue weighted by atomic mass is 19.1. The van der Waals surface area contributed by atoms with Gasteiger partial charge in [-0.25, -0.2) is 9.37 Å². The summed E-state index contributed by atoms with van der Waals surface area (Å²) >= 11 is 0. The van der Waals surface area contributed by atoms with Crippen molar-refractivity contribution in [3.05, 3.63) is 69.4 Å². The molecular weight excluding hydrogens is 405 g/mol. The van der Waals surface area contributed by atoms with Gasteiger partial charge in [0.05, 0.1) is 11.2 Å². The third-order valence-electron chi connectivity index (χ3n) is 6.77. The summed E-state index contributed by atoms with van der Waals surface area (Å²) in [6.07, 6.45) is 2.40. The molecule has 2 aromatic heterocycles. The van der Waals surface area contributed by atoms with E-state index in [0.717, 1.165) is 29.9 Å². The zero-order valence-corrected chi connectivity index (χ0v) is 18.4. The van der Waals surface area contributed by atoms with Gasteiger partial charge >= 0.3 is 0 Å². The fourth-order valence-electron chi connectivity index (χ4n) is 4.98. The summed E-state index contributed by atoms with van der Waals surface area (Å²) in [6.45, 7) is 4.95. The van der Waals surface area contributed by atoms with Crippen LogP contribution in [0, 0.1) is 30.0 Å². The predicted molar refractivity (Wildman–Crippen MR) is 122 cm³/mol. The van der Waals surface area contributed by atoms with E-state index in [1.165, 1.54) is 17.4 Å². The zero-order chi connectivity index (χ0) is 22.4. The Hall–Kier alpha value is -3.24. The number of piperazine rings is 1. The minimum Gasteiger partial charge on any atom is -0.366 e. The topological polar surface area (TPSA) is 65.2 Å². The second-order valence-electron chi connectivity index (χ2n) is 8.88. The van der Waals surface area contributed by atoms with Crippen molar-refractivity contribution in [2.75, 3.05) is 31.1 Å². The van der Waals surface area contributed by atoms with Gasteiger partial charge in [0.2, 0.25) is 0 Å². The van der Waals surface area contributed by atoms with Crippen molar-refractivity contribution >= 4 is 16.7 Å². The first kappa shape index (κ1) is 20.7. The first-order valence-corrected chi connectivity index (χ1v) is 11.1. The van der Waals surface area contributed by atoms with Crippen LogP contribution in [-0.2, 0) is 7.05 Å². The van der Waals surface area contributed by atoms with Gasteiger partial charge in [-0.15, -0.1) is 0 Å². The van der Waals surface area contributed by atoms with E-state index in [2.05, 4.69) is 15.9 Å². The van der Waals surface area contributed by atoms with Crippen LogP contribution in [0.15, 0.2) is 41.2 Å². The molecule has 1 atom stereocenters. The van der Waals surface area contributed by atoms with Gasteiger partial charge in [0, 0.05) is 45.0 Å². The molecule has 1 aromatic carbocycles. The summed E-state index contributed by atoms with van der Waals surface area (Å²) in [5, 5.41) is 9.82. The van der Waals surface area contributed by atoms with Gasteiger partial charge in [-0.1, -0.05) is 12.1 Å². The van der Waals surface area contributed by atoms with Crippen LogP contribution in [-0.4, -0.2) is 40.6 Å². The SMILES string of the molecule is Cc1ccc2c(n1)c(N1CCN(C(c3ccc(F)cc3)C3CC3)CC1)c(C#N)c(=O)n2C. The lowest BCUT2D eigenvalue weighted by Gasteiger charge is -2.41. The molecule has 0 radical (unpaired) electrons. The van der Waals surface area contributed by atoms with Gasteiger partial charge in [-0.2, -0.15) is 5.26 Å². The van der Waals surface area contributed by atoms with E-state index < -0.39 is 0 Å². The molecule has 0 spiro atoms. The molecule has 32 heavy (non-hydrogen) atoms. The molecule has 1 saturated carbocycles. The maximum Gasteiger partial charge on any atom is 0.270 e. The molecule has 1 saturated heterocycles. The molecule has 2 fully saturated rings. The maximum absolute atomic E-state index is 13.5. The number of halogens is 1. The molecule has 2 aliphatic rings. The van der Waals surface area contributed by atoms with E-state index in [9.17, 15) is 14.4 Å². The van der Waals surface area contributed by atoms with E-state index in [4.69, 9.17) is 4.98 Å². The normalized spacial score (nSPS) is 18.0. The van der Waals surface area contributed by atoms with Gasteiger partial charge in [0.25, 0.3) is 5.56 Å². The molecule has 3 heterocycles. The molecule has 3 aromatic rings. The number of aryl methyl sites for hydroxylation is 2. The Morgan fingerprint density at radius 3 is 2.41 bits per heavy atom. The Bertz CT molecular complexity index is 1260. The van der Waals surface area contributed by atoms with Gasteiger partial charge in [-0.05, 0) is 55.5 Å². The summed E-state index contributed by atoms with van der Waals surface area (Å²) in [4.78, 5) is 22.2. The average Bonchev–Trinajstić information content (AvgIpc) is 3.63. The summed E-state index contributed by atoms with van der Waals surface area (Å²) in [5.74, 6) is 0.397. The van der Waals surface area contributed by atoms with Crippen molar-refractivity contribution in [2.24, 2.45) is 13.0 Å². The zero-order valence-electron chi connectivity index (χ0n) is 18.4. The van der Waals surface area contributed by atoms with Crippen LogP contribution < -0.4 is 10.5 Å². The largest absolute Gasteiger partial charge is 0.366 e. The molecule has 5 rings (SSSR count). The first-order chi connectivity index (χ1) is 15.5. The van der Waals surface area contributed by atoms with E-state index in [1.54, 1.807) is 19.2 Å². The minimum absolute atomic E-state index is 0.156. The molecule has 1 aliphatic carbocycles. The fourth-order valence-corrected chi connectivity index (χ4v) is 4.98. The van der Waals surface area contributed by atoms with Crippen molar-refractivity contribution in [1.82, 2.24) is 14.5 Å². The molecule has 7 heteroatoms. The number of hydrogen-bond acceptors (Lipinski definition) is 5. The third-order valence-corrected chi connectivity index (χ3v) is 6.77. The van der Waals surface area contributed by atoms with Crippen molar-refractivity contribution in [2.45, 2.75) is 25.8 Å². The van der Waals surface area contributed by atoms with E-state index >= 15 is 0 Å². The standard InChI is InChI=1S/C25H26FN5O/c1-16-3-10-21-22(28-16)24(20(15-27)25(32)29(21)2)31-13-11-30(12-14-31)23(17-4-5-17)18-6-8-19(26)9-7-18/h3,6-10,17,23H,4-5,11-14H2,1-2H3. The Balaban J connectivity index is 1.47. The van der Waals surface area contributed by atoms with Crippen molar-refractivity contribution in [1.29, 1.82) is 5.26 Å². The number of anilines is 1. The molecular formula is C25H26FN5O. The highest BCUT2D eigenvalue weighted by molar-refractivity contribution is 5.91. The van der Waals surface area contributed by atoms with Gasteiger partial charge in [-0.3, -0.25) is 9.69 Å². The van der Waals surface area contributed by atoms with E-state index in [1.807, 2.05) is 31.2 Å². The smallest absolute Gasteiger partial charge is 0.270 e. The molecule has 0 bridgehead atoms. The van der Waals surface area contributed by atoms with Crippen LogP contribution in [0.2, 0.25) is 0 Å². The summed E-state index contributed by atoms with van der Waals surface area (Å²) in [7, 11) is 1.69. The fraction of sp³-hybridized carbons (Fsp3) is 0.400. The number of nitriles is 1. The number of rotatable bonds is 4. The third kappa shape index (κ3) is 3.55. The Kier molecular flexibility index (Phi) is 5.18. The lowest BCUT2D eigenvalue weighted by molar-refractivity contribution is 0.167. The van der Waals surface area contributed by atoms with Crippen LogP contribution in [0.1, 0.15) is 35.7 Å². The Labute approximate surface area is 186 Å². The van der Waals surface area contributed by atoms with Gasteiger partial charge in [0.1, 0.15) is 23.0 Å². The van der Waals surface area contributed by atoms with Crippen LogP contribution in [0.3, 0.4) is 0 Å². The van der Waals surface area contributed by atoms with Crippen molar-refractivity contribution in [3.8, 4) is 6.07 Å². The van der Waals surface area contributed by atoms with Crippen LogP contribution in [0.4, 0.5) is 10.1 Å². The second kappa shape index (κ2) is 8.03. The van der Waals surface area contributed by atoms with Gasteiger partial charge in [0.15, 0.2) is 0 Å². The summed E-state index contributed by atoms with van der Waals surface area (Å²) < 4.78 is 15.0. The van der Waals surface area contributed by atoms with E-state index in [-0.39, 0.29) is 23.0 Å². The van der Waals surface area contributed by atoms with Gasteiger partial charge < -0.3 is 9.47 Å². The highest BCUT2D eigenvalue weighted by Crippen LogP contribution is 2.45. The molecule has 6 nitrogen and oxygen atoms in total. The average molecular weight is 432 g/mol. The highest BCUT2D eigenvalue weighted by Gasteiger charge is 2.38. The summed E-state index contributed by atoms with van der Waals surface area (Å²) in [5.41, 5.74) is 3.97. The Morgan fingerprint density at radius 2 is 1.78 bits per heavy atom. The molecule has 0 N–H and O–H groups in total. The van der Waals surface area contributed by atoms with Crippen molar-refractivity contribution < 1.29 is 4.39 Å². The van der Waals surface area contributed by atoms with Crippen LogP contribution in [0.5, 0.6) is 0 Å². The monoisotopic (exact) mass is 431 g/mol. The van der Waals surface area contributed by atoms with Crippen LogP contribution in [0.25, 0.3) is 11.0 Å². The molecule has 1 unspecified atom stereocenters. The van der Waals surface area contributed by atoms with Crippen LogP contribution >= 0.6 is 0 Å². The Morgan fingerprint density at radius 1 is 1.09 bits per heavy atom. The van der Waals surface area contributed by atoms with E-state index in [0.29, 0.717) is 30.2 Å². The quantitative estimate of drug-likeness (QED) is 0.632. The lowest BCUT2D eigenvalue weighted by Crippen LogP contribution is -2.49. The number of fused-ring (bicyclic) bond motifs is 1. The molecule has 0 amide bonds. The first-order valence-electron chi connectivity index (χ1n) is 11.1. The van der Waals surface area contributed by atoms with Crippen molar-refractivity contribution in [3.63, 3.8) is 0 Å². The number of aromatic nitrogens is 2. The number of hydrogen-bond donors (Lipinski definition) is 0. The predicted octanol–water partition coefficient (Wildman–Crippen LogP) is 3.53. The number of pyridine rings is 2. The maximum atomic E-state index is 13.5. The molecule has 1 aliphatic heterocycles.